The second-order valence-electron chi connectivity index (χ2n) is 12.7. The summed E-state index contributed by atoms with van der Waals surface area (Å²) in [7, 11) is 1.56. The quantitative estimate of drug-likeness (QED) is 0.0804. The molecule has 0 saturated carbocycles. The molecule has 262 valence electrons. The SMILES string of the molecule is CC/C(=C(/c1ccc(OCC(=O)c2ccc(OCc3ccccc3)c(OC)c2)cc1)c1ccc(OCC2COC(C)(C)O2)cc1)c1ccccc1. The van der Waals surface area contributed by atoms with Crippen LogP contribution in [0, 0.1) is 0 Å². The Morgan fingerprint density at radius 2 is 1.31 bits per heavy atom. The van der Waals surface area contributed by atoms with E-state index in [1.165, 1.54) is 5.57 Å². The molecule has 6 rings (SSSR count). The second kappa shape index (κ2) is 16.6. The lowest BCUT2D eigenvalue weighted by atomic mass is 9.88. The van der Waals surface area contributed by atoms with Gasteiger partial charge in [0.25, 0.3) is 0 Å². The fraction of sp³-hybridized carbons (Fsp3) is 0.250. The van der Waals surface area contributed by atoms with Crippen molar-refractivity contribution in [3.63, 3.8) is 0 Å². The molecule has 0 aromatic heterocycles. The number of allylic oxidation sites excluding steroid dienone is 1. The molecular formula is C44H44O7. The zero-order valence-corrected chi connectivity index (χ0v) is 29.6. The monoisotopic (exact) mass is 684 g/mol. The molecule has 5 aromatic rings. The minimum atomic E-state index is -0.582. The summed E-state index contributed by atoms with van der Waals surface area (Å²) in [5, 5.41) is 0. The molecule has 1 atom stereocenters. The fourth-order valence-electron chi connectivity index (χ4n) is 6.08. The van der Waals surface area contributed by atoms with E-state index in [4.69, 9.17) is 28.4 Å². The van der Waals surface area contributed by atoms with Crippen LogP contribution in [0.5, 0.6) is 23.0 Å². The van der Waals surface area contributed by atoms with E-state index in [-0.39, 0.29) is 18.5 Å². The van der Waals surface area contributed by atoms with Gasteiger partial charge in [-0.05, 0) is 96.1 Å². The van der Waals surface area contributed by atoms with Crippen molar-refractivity contribution >= 4 is 16.9 Å². The first-order chi connectivity index (χ1) is 24.8. The molecule has 1 saturated heterocycles. The highest BCUT2D eigenvalue weighted by atomic mass is 16.7. The molecule has 0 radical (unpaired) electrons. The number of methoxy groups -OCH3 is 1. The van der Waals surface area contributed by atoms with Crippen LogP contribution < -0.4 is 18.9 Å². The van der Waals surface area contributed by atoms with E-state index >= 15 is 0 Å². The smallest absolute Gasteiger partial charge is 0.200 e. The van der Waals surface area contributed by atoms with E-state index in [9.17, 15) is 4.79 Å². The van der Waals surface area contributed by atoms with Gasteiger partial charge < -0.3 is 28.4 Å². The van der Waals surface area contributed by atoms with Gasteiger partial charge in [0.2, 0.25) is 0 Å². The highest BCUT2D eigenvalue weighted by Crippen LogP contribution is 2.36. The van der Waals surface area contributed by atoms with E-state index in [0.29, 0.717) is 42.6 Å². The van der Waals surface area contributed by atoms with Crippen molar-refractivity contribution in [1.82, 2.24) is 0 Å². The molecule has 0 bridgehead atoms. The summed E-state index contributed by atoms with van der Waals surface area (Å²) in [6.07, 6.45) is 0.725. The third-order valence-corrected chi connectivity index (χ3v) is 8.66. The van der Waals surface area contributed by atoms with Gasteiger partial charge in [-0.3, -0.25) is 4.79 Å². The molecule has 5 aromatic carbocycles. The molecular weight excluding hydrogens is 640 g/mol. The van der Waals surface area contributed by atoms with E-state index in [1.54, 1.807) is 25.3 Å². The predicted molar refractivity (Wildman–Crippen MR) is 200 cm³/mol. The summed E-state index contributed by atoms with van der Waals surface area (Å²) in [5.41, 5.74) is 7.13. The normalized spacial score (nSPS) is 15.5. The second-order valence-corrected chi connectivity index (χ2v) is 12.7. The van der Waals surface area contributed by atoms with Gasteiger partial charge in [-0.2, -0.15) is 0 Å². The van der Waals surface area contributed by atoms with Gasteiger partial charge >= 0.3 is 0 Å². The average Bonchev–Trinajstić information content (AvgIpc) is 3.53. The Labute approximate surface area is 300 Å². The summed E-state index contributed by atoms with van der Waals surface area (Å²) in [6.45, 7) is 7.20. The number of benzene rings is 5. The topological polar surface area (TPSA) is 72.5 Å². The van der Waals surface area contributed by atoms with Gasteiger partial charge in [-0.1, -0.05) is 91.9 Å². The third-order valence-electron chi connectivity index (χ3n) is 8.66. The molecule has 1 aliphatic heterocycles. The molecule has 7 heteroatoms. The Morgan fingerprint density at radius 3 is 1.90 bits per heavy atom. The Morgan fingerprint density at radius 1 is 0.706 bits per heavy atom. The van der Waals surface area contributed by atoms with Crippen molar-refractivity contribution in [3.8, 4) is 23.0 Å². The number of hydrogen-bond acceptors (Lipinski definition) is 7. The first-order valence-corrected chi connectivity index (χ1v) is 17.3. The van der Waals surface area contributed by atoms with Gasteiger partial charge in [-0.15, -0.1) is 0 Å². The van der Waals surface area contributed by atoms with Crippen LogP contribution in [0.1, 0.15) is 59.8 Å². The first-order valence-electron chi connectivity index (χ1n) is 17.3. The third kappa shape index (κ3) is 9.25. The maximum atomic E-state index is 13.1. The summed E-state index contributed by atoms with van der Waals surface area (Å²) in [4.78, 5) is 13.1. The minimum absolute atomic E-state index is 0.107. The Balaban J connectivity index is 1.15. The van der Waals surface area contributed by atoms with Gasteiger partial charge in [0.1, 0.15) is 30.8 Å². The summed E-state index contributed by atoms with van der Waals surface area (Å²) in [6, 6.07) is 41.6. The molecule has 0 aliphatic carbocycles. The van der Waals surface area contributed by atoms with Gasteiger partial charge in [0.15, 0.2) is 29.7 Å². The number of Topliss-reactive ketones (excluding diaryl/α,β-unsaturated/α-hetero) is 1. The first kappa shape index (κ1) is 35.5. The molecule has 1 fully saturated rings. The van der Waals surface area contributed by atoms with Gasteiger partial charge in [0, 0.05) is 5.56 Å². The van der Waals surface area contributed by atoms with Gasteiger partial charge in [-0.25, -0.2) is 0 Å². The molecule has 1 heterocycles. The van der Waals surface area contributed by atoms with E-state index in [0.717, 1.165) is 40.0 Å². The summed E-state index contributed by atoms with van der Waals surface area (Å²) >= 11 is 0. The lowest BCUT2D eigenvalue weighted by Gasteiger charge is -2.18. The number of carbonyl (C=O) groups excluding carboxylic acids is 1. The minimum Gasteiger partial charge on any atom is -0.493 e. The van der Waals surface area contributed by atoms with Crippen molar-refractivity contribution in [1.29, 1.82) is 0 Å². The Bertz CT molecular complexity index is 1920. The summed E-state index contributed by atoms with van der Waals surface area (Å²) < 4.78 is 35.1. The van der Waals surface area contributed by atoms with Crippen molar-refractivity contribution < 1.29 is 33.2 Å². The van der Waals surface area contributed by atoms with Crippen molar-refractivity contribution in [2.75, 3.05) is 26.9 Å². The lowest BCUT2D eigenvalue weighted by molar-refractivity contribution is -0.141. The van der Waals surface area contributed by atoms with Crippen molar-refractivity contribution in [3.05, 3.63) is 155 Å². The highest BCUT2D eigenvalue weighted by molar-refractivity contribution is 5.99. The maximum absolute atomic E-state index is 13.1. The Hall–Kier alpha value is -5.37. The molecule has 0 N–H and O–H groups in total. The predicted octanol–water partition coefficient (Wildman–Crippen LogP) is 9.44. The summed E-state index contributed by atoms with van der Waals surface area (Å²) in [5.74, 6) is 1.68. The van der Waals surface area contributed by atoms with Crippen LogP contribution in [-0.2, 0) is 16.1 Å². The Kier molecular flexibility index (Phi) is 11.5. The number of ether oxygens (including phenoxy) is 6. The molecule has 7 nitrogen and oxygen atoms in total. The largest absolute Gasteiger partial charge is 0.493 e. The van der Waals surface area contributed by atoms with Crippen LogP contribution in [0.2, 0.25) is 0 Å². The molecule has 0 amide bonds. The van der Waals surface area contributed by atoms with Crippen LogP contribution in [0.15, 0.2) is 127 Å². The lowest BCUT2D eigenvalue weighted by Crippen LogP contribution is -2.25. The average molecular weight is 685 g/mol. The number of rotatable bonds is 15. The molecule has 51 heavy (non-hydrogen) atoms. The standard InChI is InChI=1S/C44H44O7/c1-5-39(32-14-10-7-11-15-32)43(33-16-21-36(22-17-33)47-28-38-29-50-44(2,3)51-38)34-18-23-37(24-19-34)48-30-40(45)35-20-25-41(42(26-35)46-4)49-27-31-12-8-6-9-13-31/h6-26,38H,5,27-30H2,1-4H3/b43-39-. The van der Waals surface area contributed by atoms with Crippen molar-refractivity contribution in [2.24, 2.45) is 0 Å². The number of carbonyl (C=O) groups is 1. The van der Waals surface area contributed by atoms with Crippen LogP contribution in [-0.4, -0.2) is 44.6 Å². The van der Waals surface area contributed by atoms with Gasteiger partial charge in [0.05, 0.1) is 13.7 Å². The molecule has 0 spiro atoms. The molecule has 1 aliphatic rings. The number of ketones is 1. The van der Waals surface area contributed by atoms with E-state index in [2.05, 4.69) is 43.3 Å². The van der Waals surface area contributed by atoms with E-state index in [1.807, 2.05) is 86.6 Å². The number of hydrogen-bond donors (Lipinski definition) is 0. The molecule has 1 unspecified atom stereocenters. The maximum Gasteiger partial charge on any atom is 0.200 e. The fourth-order valence-corrected chi connectivity index (χ4v) is 6.08. The van der Waals surface area contributed by atoms with Crippen LogP contribution >= 0.6 is 0 Å². The van der Waals surface area contributed by atoms with E-state index < -0.39 is 5.79 Å². The zero-order valence-electron chi connectivity index (χ0n) is 29.6. The van der Waals surface area contributed by atoms with Crippen molar-refractivity contribution in [2.45, 2.75) is 45.7 Å². The zero-order chi connectivity index (χ0) is 35.6. The van der Waals surface area contributed by atoms with Crippen LogP contribution in [0.4, 0.5) is 0 Å². The highest BCUT2D eigenvalue weighted by Gasteiger charge is 2.33. The van der Waals surface area contributed by atoms with Crippen LogP contribution in [0.3, 0.4) is 0 Å². The van der Waals surface area contributed by atoms with Crippen LogP contribution in [0.25, 0.3) is 11.1 Å².